The quantitative estimate of drug-likeness (QED) is 0.749. The van der Waals surface area contributed by atoms with Gasteiger partial charge in [0.15, 0.2) is 5.78 Å². The number of benzene rings is 2. The maximum atomic E-state index is 11.9. The maximum Gasteiger partial charge on any atom is 0.188 e. The van der Waals surface area contributed by atoms with Crippen LogP contribution in [0.1, 0.15) is 21.5 Å². The van der Waals surface area contributed by atoms with E-state index in [1.165, 1.54) is 0 Å². The van der Waals surface area contributed by atoms with E-state index in [2.05, 4.69) is 0 Å². The molecule has 2 nitrogen and oxygen atoms in total. The number of hydrogen-bond donors (Lipinski definition) is 0. The van der Waals surface area contributed by atoms with Crippen molar-refractivity contribution in [1.82, 2.24) is 0 Å². The van der Waals surface area contributed by atoms with Crippen LogP contribution in [0.4, 0.5) is 0 Å². The van der Waals surface area contributed by atoms with Crippen molar-refractivity contribution in [2.45, 2.75) is 13.5 Å². The number of ether oxygens (including phenoxy) is 1. The van der Waals surface area contributed by atoms with E-state index in [4.69, 9.17) is 4.74 Å². The Morgan fingerprint density at radius 3 is 2.56 bits per heavy atom. The Hall–Kier alpha value is -1.93. The van der Waals surface area contributed by atoms with E-state index in [1.807, 2.05) is 61.5 Å². The Morgan fingerprint density at radius 1 is 1.06 bits per heavy atom. The van der Waals surface area contributed by atoms with Crippen LogP contribution in [0, 0.1) is 6.92 Å². The molecule has 0 saturated carbocycles. The highest BCUT2D eigenvalue weighted by molar-refractivity contribution is 5.97. The van der Waals surface area contributed by atoms with E-state index in [0.717, 1.165) is 11.1 Å². The van der Waals surface area contributed by atoms with Gasteiger partial charge < -0.3 is 4.74 Å². The molecule has 2 aromatic carbocycles. The Bertz CT molecular complexity index is 518. The standard InChI is InChI=1S/C16H16O2/c1-13-6-5-9-15(10-13)16(17)12-18-11-14-7-3-2-4-8-14/h2-10H,11-12H2,1H3. The first-order valence-corrected chi connectivity index (χ1v) is 5.97. The fourth-order valence-electron chi connectivity index (χ4n) is 1.74. The molecule has 2 aromatic rings. The van der Waals surface area contributed by atoms with Crippen LogP contribution in [0.5, 0.6) is 0 Å². The van der Waals surface area contributed by atoms with E-state index in [1.54, 1.807) is 0 Å². The van der Waals surface area contributed by atoms with Gasteiger partial charge in [-0.1, -0.05) is 54.1 Å². The van der Waals surface area contributed by atoms with Gasteiger partial charge in [0.05, 0.1) is 6.61 Å². The van der Waals surface area contributed by atoms with Gasteiger partial charge in [0, 0.05) is 5.56 Å². The molecule has 0 amide bonds. The molecule has 18 heavy (non-hydrogen) atoms. The molecule has 0 aliphatic rings. The van der Waals surface area contributed by atoms with Gasteiger partial charge in [-0.3, -0.25) is 4.79 Å². The van der Waals surface area contributed by atoms with Crippen molar-refractivity contribution < 1.29 is 9.53 Å². The van der Waals surface area contributed by atoms with Crippen LogP contribution in [-0.2, 0) is 11.3 Å². The molecule has 0 radical (unpaired) electrons. The summed E-state index contributed by atoms with van der Waals surface area (Å²) in [5.74, 6) is 0.0228. The molecule has 0 aromatic heterocycles. The Morgan fingerprint density at radius 2 is 1.83 bits per heavy atom. The zero-order valence-electron chi connectivity index (χ0n) is 10.4. The summed E-state index contributed by atoms with van der Waals surface area (Å²) in [4.78, 5) is 11.9. The minimum atomic E-state index is 0.0228. The number of aryl methyl sites for hydroxylation is 1. The average Bonchev–Trinajstić information content (AvgIpc) is 2.40. The zero-order chi connectivity index (χ0) is 12.8. The first kappa shape index (κ1) is 12.5. The first-order valence-electron chi connectivity index (χ1n) is 5.97. The summed E-state index contributed by atoms with van der Waals surface area (Å²) >= 11 is 0. The van der Waals surface area contributed by atoms with E-state index >= 15 is 0 Å². The minimum absolute atomic E-state index is 0.0228. The highest BCUT2D eigenvalue weighted by atomic mass is 16.5. The third-order valence-corrected chi connectivity index (χ3v) is 2.68. The van der Waals surface area contributed by atoms with Crippen molar-refractivity contribution in [3.8, 4) is 0 Å². The van der Waals surface area contributed by atoms with Gasteiger partial charge in [0.1, 0.15) is 6.61 Å². The molecule has 0 N–H and O–H groups in total. The predicted molar refractivity (Wildman–Crippen MR) is 71.6 cm³/mol. The summed E-state index contributed by atoms with van der Waals surface area (Å²) in [6.07, 6.45) is 0. The minimum Gasteiger partial charge on any atom is -0.369 e. The lowest BCUT2D eigenvalue weighted by Crippen LogP contribution is -2.09. The van der Waals surface area contributed by atoms with Crippen molar-refractivity contribution in [3.63, 3.8) is 0 Å². The molecule has 0 aliphatic heterocycles. The van der Waals surface area contributed by atoms with Crippen LogP contribution in [-0.4, -0.2) is 12.4 Å². The highest BCUT2D eigenvalue weighted by Gasteiger charge is 2.05. The Labute approximate surface area is 107 Å². The van der Waals surface area contributed by atoms with Crippen LogP contribution in [0.15, 0.2) is 54.6 Å². The lowest BCUT2D eigenvalue weighted by atomic mass is 10.1. The molecule has 0 fully saturated rings. The third kappa shape index (κ3) is 3.54. The highest BCUT2D eigenvalue weighted by Crippen LogP contribution is 2.06. The predicted octanol–water partition coefficient (Wildman–Crippen LogP) is 3.39. The molecule has 0 saturated heterocycles. The number of Topliss-reactive ketones (excluding diaryl/α,β-unsaturated/α-hetero) is 1. The first-order chi connectivity index (χ1) is 8.75. The fraction of sp³-hybridized carbons (Fsp3) is 0.188. The normalized spacial score (nSPS) is 10.3. The van der Waals surface area contributed by atoms with Crippen molar-refractivity contribution >= 4 is 5.78 Å². The Kier molecular flexibility index (Phi) is 4.26. The topological polar surface area (TPSA) is 26.3 Å². The molecule has 0 bridgehead atoms. The van der Waals surface area contributed by atoms with Crippen molar-refractivity contribution in [1.29, 1.82) is 0 Å². The second-order valence-corrected chi connectivity index (χ2v) is 4.27. The van der Waals surface area contributed by atoms with Gasteiger partial charge >= 0.3 is 0 Å². The van der Waals surface area contributed by atoms with Crippen LogP contribution in [0.25, 0.3) is 0 Å². The summed E-state index contributed by atoms with van der Waals surface area (Å²) in [5.41, 5.74) is 2.88. The number of carbonyl (C=O) groups excluding carboxylic acids is 1. The van der Waals surface area contributed by atoms with Crippen LogP contribution in [0.2, 0.25) is 0 Å². The third-order valence-electron chi connectivity index (χ3n) is 2.68. The van der Waals surface area contributed by atoms with Crippen molar-refractivity contribution in [3.05, 3.63) is 71.3 Å². The molecule has 0 spiro atoms. The molecule has 0 aliphatic carbocycles. The summed E-state index contributed by atoms with van der Waals surface area (Å²) in [7, 11) is 0. The van der Waals surface area contributed by atoms with Gasteiger partial charge in [-0.2, -0.15) is 0 Å². The molecular formula is C16H16O2. The number of carbonyl (C=O) groups is 1. The number of hydrogen-bond acceptors (Lipinski definition) is 2. The molecular weight excluding hydrogens is 224 g/mol. The van der Waals surface area contributed by atoms with E-state index in [0.29, 0.717) is 12.2 Å². The summed E-state index contributed by atoms with van der Waals surface area (Å²) in [6.45, 7) is 2.57. The second-order valence-electron chi connectivity index (χ2n) is 4.27. The second kappa shape index (κ2) is 6.12. The zero-order valence-corrected chi connectivity index (χ0v) is 10.4. The summed E-state index contributed by atoms with van der Waals surface area (Å²) in [6, 6.07) is 17.4. The lowest BCUT2D eigenvalue weighted by Gasteiger charge is -2.04. The average molecular weight is 240 g/mol. The SMILES string of the molecule is Cc1cccc(C(=O)COCc2ccccc2)c1. The van der Waals surface area contributed by atoms with Gasteiger partial charge in [-0.05, 0) is 18.6 Å². The lowest BCUT2D eigenvalue weighted by molar-refractivity contribution is 0.0726. The van der Waals surface area contributed by atoms with Crippen LogP contribution in [0.3, 0.4) is 0 Å². The number of ketones is 1. The molecule has 0 heterocycles. The van der Waals surface area contributed by atoms with Crippen molar-refractivity contribution in [2.75, 3.05) is 6.61 Å². The molecule has 92 valence electrons. The molecule has 2 heteroatoms. The molecule has 0 unspecified atom stereocenters. The smallest absolute Gasteiger partial charge is 0.188 e. The van der Waals surface area contributed by atoms with E-state index in [-0.39, 0.29) is 12.4 Å². The monoisotopic (exact) mass is 240 g/mol. The molecule has 2 rings (SSSR count). The van der Waals surface area contributed by atoms with Gasteiger partial charge in [-0.15, -0.1) is 0 Å². The summed E-state index contributed by atoms with van der Waals surface area (Å²) < 4.78 is 5.43. The molecule has 0 atom stereocenters. The fourth-order valence-corrected chi connectivity index (χ4v) is 1.74. The Balaban J connectivity index is 1.86. The maximum absolute atomic E-state index is 11.9. The van der Waals surface area contributed by atoms with E-state index in [9.17, 15) is 4.79 Å². The van der Waals surface area contributed by atoms with Crippen LogP contribution >= 0.6 is 0 Å². The largest absolute Gasteiger partial charge is 0.369 e. The van der Waals surface area contributed by atoms with Gasteiger partial charge in [0.2, 0.25) is 0 Å². The summed E-state index contributed by atoms with van der Waals surface area (Å²) in [5, 5.41) is 0. The number of rotatable bonds is 5. The van der Waals surface area contributed by atoms with Gasteiger partial charge in [-0.25, -0.2) is 0 Å². The van der Waals surface area contributed by atoms with Gasteiger partial charge in [0.25, 0.3) is 0 Å². The van der Waals surface area contributed by atoms with Crippen molar-refractivity contribution in [2.24, 2.45) is 0 Å². The van der Waals surface area contributed by atoms with E-state index < -0.39 is 0 Å². The van der Waals surface area contributed by atoms with Crippen LogP contribution < -0.4 is 0 Å².